The van der Waals surface area contributed by atoms with Gasteiger partial charge >= 0.3 is 0 Å². The Labute approximate surface area is 105 Å². The molecule has 1 aromatic carbocycles. The molecule has 5 heteroatoms. The number of rotatable bonds is 3. The van der Waals surface area contributed by atoms with Crippen LogP contribution in [0.2, 0.25) is 0 Å². The number of pyridine rings is 1. The monoisotopic (exact) mass is 241 g/mol. The van der Waals surface area contributed by atoms with Crippen LogP contribution in [0, 0.1) is 0 Å². The van der Waals surface area contributed by atoms with Gasteiger partial charge in [-0.05, 0) is 30.3 Å². The third-order valence-corrected chi connectivity index (χ3v) is 2.37. The summed E-state index contributed by atoms with van der Waals surface area (Å²) in [7, 11) is 3.76. The summed E-state index contributed by atoms with van der Waals surface area (Å²) in [4.78, 5) is 5.86. The van der Waals surface area contributed by atoms with Crippen LogP contribution >= 0.6 is 0 Å². The van der Waals surface area contributed by atoms with E-state index in [1.807, 2.05) is 31.1 Å². The zero-order valence-electron chi connectivity index (χ0n) is 10.2. The second-order valence-electron chi connectivity index (χ2n) is 3.93. The van der Waals surface area contributed by atoms with Crippen LogP contribution in [0.1, 0.15) is 0 Å². The molecule has 0 amide bonds. The Morgan fingerprint density at radius 2 is 1.94 bits per heavy atom. The molecule has 1 heterocycles. The molecular formula is C13H13N4O-. The second-order valence-corrected chi connectivity index (χ2v) is 3.93. The highest BCUT2D eigenvalue weighted by molar-refractivity contribution is 5.60. The minimum absolute atomic E-state index is 0.152. The van der Waals surface area contributed by atoms with Gasteiger partial charge in [0, 0.05) is 26.0 Å². The van der Waals surface area contributed by atoms with Crippen LogP contribution < -0.4 is 10.0 Å². The lowest BCUT2D eigenvalue weighted by atomic mass is 10.2. The first-order chi connectivity index (χ1) is 8.66. The number of nitrogens with zero attached hydrogens (tertiary/aromatic N) is 4. The molecule has 0 unspecified atom stereocenters. The van der Waals surface area contributed by atoms with E-state index in [2.05, 4.69) is 15.2 Å². The van der Waals surface area contributed by atoms with Gasteiger partial charge in [-0.25, -0.2) is 4.98 Å². The van der Waals surface area contributed by atoms with Crippen molar-refractivity contribution < 1.29 is 5.11 Å². The molecule has 0 spiro atoms. The van der Waals surface area contributed by atoms with Gasteiger partial charge in [0.1, 0.15) is 0 Å². The zero-order chi connectivity index (χ0) is 13.0. The average molecular weight is 241 g/mol. The summed E-state index contributed by atoms with van der Waals surface area (Å²) >= 11 is 0. The van der Waals surface area contributed by atoms with E-state index in [0.717, 1.165) is 5.69 Å². The van der Waals surface area contributed by atoms with Crippen molar-refractivity contribution in [2.75, 3.05) is 19.0 Å². The van der Waals surface area contributed by atoms with Gasteiger partial charge in [0.2, 0.25) is 0 Å². The Morgan fingerprint density at radius 1 is 1.11 bits per heavy atom. The molecule has 0 N–H and O–H groups in total. The summed E-state index contributed by atoms with van der Waals surface area (Å²) in [6, 6.07) is 10.4. The van der Waals surface area contributed by atoms with Crippen molar-refractivity contribution in [3.8, 4) is 5.75 Å². The predicted octanol–water partition coefficient (Wildman–Crippen LogP) is 2.64. The summed E-state index contributed by atoms with van der Waals surface area (Å²) in [6.07, 6.45) is 1.63. The topological polar surface area (TPSA) is 63.9 Å². The first kappa shape index (κ1) is 12.0. The molecule has 0 aliphatic heterocycles. The van der Waals surface area contributed by atoms with Crippen molar-refractivity contribution in [2.45, 2.75) is 0 Å². The second kappa shape index (κ2) is 5.27. The van der Waals surface area contributed by atoms with Crippen molar-refractivity contribution in [1.29, 1.82) is 0 Å². The molecular weight excluding hydrogens is 228 g/mol. The smallest absolute Gasteiger partial charge is 0.174 e. The maximum atomic E-state index is 11.8. The Kier molecular flexibility index (Phi) is 3.52. The summed E-state index contributed by atoms with van der Waals surface area (Å²) in [5.74, 6) is 0.328. The number of azo groups is 1. The first-order valence-electron chi connectivity index (χ1n) is 5.48. The van der Waals surface area contributed by atoms with Gasteiger partial charge in [-0.1, -0.05) is 11.8 Å². The van der Waals surface area contributed by atoms with Crippen LogP contribution in [0.3, 0.4) is 0 Å². The fourth-order valence-corrected chi connectivity index (χ4v) is 1.38. The quantitative estimate of drug-likeness (QED) is 0.776. The number of hydrogen-bond donors (Lipinski definition) is 0. The average Bonchev–Trinajstić information content (AvgIpc) is 2.38. The molecule has 2 aromatic rings. The van der Waals surface area contributed by atoms with Gasteiger partial charge < -0.3 is 10.0 Å². The Morgan fingerprint density at radius 3 is 2.56 bits per heavy atom. The highest BCUT2D eigenvalue weighted by Gasteiger charge is 1.97. The molecule has 0 saturated heterocycles. The van der Waals surface area contributed by atoms with Crippen LogP contribution in [0.15, 0.2) is 52.8 Å². The number of benzene rings is 1. The molecule has 92 valence electrons. The summed E-state index contributed by atoms with van der Waals surface area (Å²) in [5, 5.41) is 19.6. The van der Waals surface area contributed by atoms with Crippen molar-refractivity contribution >= 4 is 17.2 Å². The van der Waals surface area contributed by atoms with Crippen LogP contribution in [0.5, 0.6) is 5.75 Å². The third kappa shape index (κ3) is 2.82. The van der Waals surface area contributed by atoms with Crippen molar-refractivity contribution in [3.63, 3.8) is 0 Å². The fraction of sp³-hybridized carbons (Fsp3) is 0.154. The molecule has 0 aliphatic rings. The van der Waals surface area contributed by atoms with Crippen LogP contribution in [-0.2, 0) is 0 Å². The Balaban J connectivity index is 2.22. The largest absolute Gasteiger partial charge is 0.871 e. The summed E-state index contributed by atoms with van der Waals surface area (Å²) in [5.41, 5.74) is 1.16. The Bertz CT molecular complexity index is 552. The number of anilines is 1. The van der Waals surface area contributed by atoms with Gasteiger partial charge in [0.15, 0.2) is 5.82 Å². The van der Waals surface area contributed by atoms with E-state index in [4.69, 9.17) is 0 Å². The minimum atomic E-state index is -0.152. The molecule has 18 heavy (non-hydrogen) atoms. The van der Waals surface area contributed by atoms with Gasteiger partial charge in [0.25, 0.3) is 0 Å². The van der Waals surface area contributed by atoms with Gasteiger partial charge in [-0.2, -0.15) is 0 Å². The molecule has 0 atom stereocenters. The van der Waals surface area contributed by atoms with E-state index in [-0.39, 0.29) is 5.75 Å². The minimum Gasteiger partial charge on any atom is -0.871 e. The highest BCUT2D eigenvalue weighted by atomic mass is 16.3. The van der Waals surface area contributed by atoms with Crippen LogP contribution in [0.4, 0.5) is 17.2 Å². The maximum absolute atomic E-state index is 11.8. The number of aromatic nitrogens is 1. The Hall–Kier alpha value is -2.43. The lowest BCUT2D eigenvalue weighted by Gasteiger charge is -2.16. The summed E-state index contributed by atoms with van der Waals surface area (Å²) < 4.78 is 0. The SMILES string of the molecule is CN(C)c1ccc(N=Nc2ccccn2)c([O-])c1. The third-order valence-electron chi connectivity index (χ3n) is 2.37. The van der Waals surface area contributed by atoms with E-state index in [0.29, 0.717) is 11.5 Å². The number of hydrogen-bond acceptors (Lipinski definition) is 5. The molecule has 5 nitrogen and oxygen atoms in total. The van der Waals surface area contributed by atoms with Gasteiger partial charge in [-0.15, -0.1) is 10.2 Å². The van der Waals surface area contributed by atoms with Crippen molar-refractivity contribution in [3.05, 3.63) is 42.6 Å². The van der Waals surface area contributed by atoms with Crippen LogP contribution in [0.25, 0.3) is 0 Å². The van der Waals surface area contributed by atoms with Gasteiger partial charge in [-0.3, -0.25) is 0 Å². The van der Waals surface area contributed by atoms with Crippen LogP contribution in [-0.4, -0.2) is 19.1 Å². The van der Waals surface area contributed by atoms with E-state index in [1.54, 1.807) is 24.4 Å². The molecule has 2 rings (SSSR count). The maximum Gasteiger partial charge on any atom is 0.174 e. The van der Waals surface area contributed by atoms with Crippen molar-refractivity contribution in [2.24, 2.45) is 10.2 Å². The molecule has 0 fully saturated rings. The fourth-order valence-electron chi connectivity index (χ4n) is 1.38. The van der Waals surface area contributed by atoms with Gasteiger partial charge in [0.05, 0.1) is 5.69 Å². The first-order valence-corrected chi connectivity index (χ1v) is 5.48. The molecule has 0 aliphatic carbocycles. The van der Waals surface area contributed by atoms with E-state index in [9.17, 15) is 5.11 Å². The highest BCUT2D eigenvalue weighted by Crippen LogP contribution is 2.29. The summed E-state index contributed by atoms with van der Waals surface area (Å²) in [6.45, 7) is 0. The van der Waals surface area contributed by atoms with E-state index >= 15 is 0 Å². The van der Waals surface area contributed by atoms with Crippen molar-refractivity contribution in [1.82, 2.24) is 4.98 Å². The van der Waals surface area contributed by atoms with E-state index < -0.39 is 0 Å². The predicted molar refractivity (Wildman–Crippen MR) is 68.6 cm³/mol. The lowest BCUT2D eigenvalue weighted by molar-refractivity contribution is -0.267. The molecule has 1 aromatic heterocycles. The molecule has 0 bridgehead atoms. The molecule has 0 radical (unpaired) electrons. The zero-order valence-corrected chi connectivity index (χ0v) is 10.2. The molecule has 0 saturated carbocycles. The standard InChI is InChI=1S/C13H14N4O/c1-17(2)10-6-7-11(12(18)9-10)15-16-13-5-3-4-8-14-13/h3-9,18H,1-2H3/p-1. The van der Waals surface area contributed by atoms with E-state index in [1.165, 1.54) is 6.07 Å². The lowest BCUT2D eigenvalue weighted by Crippen LogP contribution is -2.08. The normalized spacial score (nSPS) is 10.8.